The first-order valence-electron chi connectivity index (χ1n) is 3.14. The second-order valence-electron chi connectivity index (χ2n) is 2.32. The summed E-state index contributed by atoms with van der Waals surface area (Å²) in [5, 5.41) is 12.6. The van der Waals surface area contributed by atoms with Gasteiger partial charge < -0.3 is 5.11 Å². The highest BCUT2D eigenvalue weighted by Gasteiger charge is 2.15. The van der Waals surface area contributed by atoms with E-state index >= 15 is 0 Å². The van der Waals surface area contributed by atoms with Crippen LogP contribution in [0.15, 0.2) is 16.8 Å². The Balaban J connectivity index is 2.68. The molecule has 2 N–H and O–H groups in total. The number of aliphatic hydroxyl groups excluding tert-OH is 1. The minimum Gasteiger partial charge on any atom is -0.387 e. The van der Waals surface area contributed by atoms with Gasteiger partial charge in [0.1, 0.15) is 5.75 Å². The Labute approximate surface area is 74.2 Å². The maximum absolute atomic E-state index is 10.3. The molecule has 0 aliphatic heterocycles. The van der Waals surface area contributed by atoms with Gasteiger partial charge in [-0.3, -0.25) is 4.55 Å². The summed E-state index contributed by atoms with van der Waals surface area (Å²) in [7, 11) is -4.09. The van der Waals surface area contributed by atoms with E-state index in [0.29, 0.717) is 5.56 Å². The molecule has 0 saturated carbocycles. The van der Waals surface area contributed by atoms with Crippen LogP contribution in [0.3, 0.4) is 0 Å². The molecule has 0 spiro atoms. The van der Waals surface area contributed by atoms with Gasteiger partial charge in [0.25, 0.3) is 10.1 Å². The summed E-state index contributed by atoms with van der Waals surface area (Å²) in [6.45, 7) is 0. The monoisotopic (exact) mass is 208 g/mol. The number of rotatable bonds is 3. The zero-order valence-corrected chi connectivity index (χ0v) is 7.68. The highest BCUT2D eigenvalue weighted by atomic mass is 32.2. The third-order valence-electron chi connectivity index (χ3n) is 1.30. The van der Waals surface area contributed by atoms with Crippen molar-refractivity contribution in [1.82, 2.24) is 0 Å². The maximum atomic E-state index is 10.3. The van der Waals surface area contributed by atoms with Gasteiger partial charge in [-0.25, -0.2) is 0 Å². The van der Waals surface area contributed by atoms with Gasteiger partial charge in [-0.2, -0.15) is 19.8 Å². The standard InChI is InChI=1S/C6H8O4S2/c7-6(4-12(8,9)10)5-1-2-11-3-5/h1-3,6-7H,4H2,(H,8,9,10). The van der Waals surface area contributed by atoms with Gasteiger partial charge in [-0.15, -0.1) is 0 Å². The van der Waals surface area contributed by atoms with Crippen LogP contribution in [-0.4, -0.2) is 23.8 Å². The Morgan fingerprint density at radius 3 is 2.67 bits per heavy atom. The van der Waals surface area contributed by atoms with E-state index in [9.17, 15) is 13.5 Å². The molecule has 0 aliphatic carbocycles. The largest absolute Gasteiger partial charge is 0.387 e. The second kappa shape index (κ2) is 3.53. The van der Waals surface area contributed by atoms with Crippen LogP contribution < -0.4 is 0 Å². The molecule has 0 fully saturated rings. The lowest BCUT2D eigenvalue weighted by Crippen LogP contribution is -2.12. The molecule has 68 valence electrons. The first-order valence-corrected chi connectivity index (χ1v) is 5.69. The van der Waals surface area contributed by atoms with Gasteiger partial charge >= 0.3 is 0 Å². The van der Waals surface area contributed by atoms with E-state index in [0.717, 1.165) is 0 Å². The molecule has 1 aromatic heterocycles. The average molecular weight is 208 g/mol. The fourth-order valence-electron chi connectivity index (χ4n) is 0.760. The molecule has 4 nitrogen and oxygen atoms in total. The first kappa shape index (κ1) is 9.66. The van der Waals surface area contributed by atoms with E-state index in [1.165, 1.54) is 11.3 Å². The van der Waals surface area contributed by atoms with Crippen molar-refractivity contribution in [2.45, 2.75) is 6.10 Å². The Morgan fingerprint density at radius 1 is 1.58 bits per heavy atom. The number of thiophene rings is 1. The smallest absolute Gasteiger partial charge is 0.267 e. The Bertz CT molecular complexity index is 326. The fraction of sp³-hybridized carbons (Fsp3) is 0.333. The summed E-state index contributed by atoms with van der Waals surface area (Å²) < 4.78 is 29.1. The number of hydrogen-bond donors (Lipinski definition) is 2. The molecule has 0 saturated heterocycles. The molecule has 12 heavy (non-hydrogen) atoms. The highest BCUT2D eigenvalue weighted by Crippen LogP contribution is 2.17. The minimum absolute atomic E-state index is 0.512. The van der Waals surface area contributed by atoms with Crippen LogP contribution in [0.1, 0.15) is 11.7 Å². The van der Waals surface area contributed by atoms with Gasteiger partial charge in [0.15, 0.2) is 0 Å². The van der Waals surface area contributed by atoms with E-state index < -0.39 is 22.0 Å². The molecular formula is C6H8O4S2. The van der Waals surface area contributed by atoms with E-state index in [2.05, 4.69) is 0 Å². The second-order valence-corrected chi connectivity index (χ2v) is 4.60. The lowest BCUT2D eigenvalue weighted by Gasteiger charge is -2.04. The van der Waals surface area contributed by atoms with Crippen molar-refractivity contribution in [3.05, 3.63) is 22.4 Å². The van der Waals surface area contributed by atoms with Crippen LogP contribution in [0.2, 0.25) is 0 Å². The minimum atomic E-state index is -4.09. The lowest BCUT2D eigenvalue weighted by atomic mass is 10.2. The first-order chi connectivity index (χ1) is 5.49. The van der Waals surface area contributed by atoms with Gasteiger partial charge in [-0.05, 0) is 22.4 Å². The Morgan fingerprint density at radius 2 is 2.25 bits per heavy atom. The molecular weight excluding hydrogens is 200 g/mol. The van der Waals surface area contributed by atoms with Crippen LogP contribution in [-0.2, 0) is 10.1 Å². The van der Waals surface area contributed by atoms with Gasteiger partial charge in [-0.1, -0.05) is 0 Å². The third-order valence-corrected chi connectivity index (χ3v) is 2.73. The summed E-state index contributed by atoms with van der Waals surface area (Å²) in [5.74, 6) is -0.649. The molecule has 1 unspecified atom stereocenters. The lowest BCUT2D eigenvalue weighted by molar-refractivity contribution is 0.199. The molecule has 6 heteroatoms. The van der Waals surface area contributed by atoms with Crippen LogP contribution in [0.4, 0.5) is 0 Å². The van der Waals surface area contributed by atoms with E-state index in [1.807, 2.05) is 0 Å². The summed E-state index contributed by atoms with van der Waals surface area (Å²) in [6.07, 6.45) is -1.13. The summed E-state index contributed by atoms with van der Waals surface area (Å²) in [6, 6.07) is 1.61. The summed E-state index contributed by atoms with van der Waals surface area (Å²) in [4.78, 5) is 0. The van der Waals surface area contributed by atoms with Crippen molar-refractivity contribution >= 4 is 21.5 Å². The van der Waals surface area contributed by atoms with Crippen molar-refractivity contribution in [2.24, 2.45) is 0 Å². The summed E-state index contributed by atoms with van der Waals surface area (Å²) in [5.41, 5.74) is 0.512. The zero-order valence-electron chi connectivity index (χ0n) is 6.04. The SMILES string of the molecule is O=S(=O)(O)CC(O)c1ccsc1. The normalized spacial score (nSPS) is 14.5. The predicted octanol–water partition coefficient (Wildman–Crippen LogP) is 0.669. The molecule has 0 bridgehead atoms. The van der Waals surface area contributed by atoms with Crippen molar-refractivity contribution in [2.75, 3.05) is 5.75 Å². The highest BCUT2D eigenvalue weighted by molar-refractivity contribution is 7.85. The molecule has 0 aliphatic rings. The van der Waals surface area contributed by atoms with Crippen molar-refractivity contribution in [3.63, 3.8) is 0 Å². The van der Waals surface area contributed by atoms with Crippen LogP contribution >= 0.6 is 11.3 Å². The van der Waals surface area contributed by atoms with Crippen LogP contribution in [0, 0.1) is 0 Å². The Hall–Kier alpha value is -0.430. The van der Waals surface area contributed by atoms with Gasteiger partial charge in [0, 0.05) is 0 Å². The van der Waals surface area contributed by atoms with E-state index in [-0.39, 0.29) is 0 Å². The molecule has 0 aromatic carbocycles. The van der Waals surface area contributed by atoms with Crippen LogP contribution in [0.5, 0.6) is 0 Å². The molecule has 0 radical (unpaired) electrons. The molecule has 1 rings (SSSR count). The van der Waals surface area contributed by atoms with Gasteiger partial charge in [0.2, 0.25) is 0 Å². The predicted molar refractivity (Wildman–Crippen MR) is 45.7 cm³/mol. The van der Waals surface area contributed by atoms with Crippen LogP contribution in [0.25, 0.3) is 0 Å². The third kappa shape index (κ3) is 2.90. The number of hydrogen-bond acceptors (Lipinski definition) is 4. The van der Waals surface area contributed by atoms with E-state index in [4.69, 9.17) is 4.55 Å². The van der Waals surface area contributed by atoms with Crippen molar-refractivity contribution in [1.29, 1.82) is 0 Å². The van der Waals surface area contributed by atoms with Crippen molar-refractivity contribution < 1.29 is 18.1 Å². The quantitative estimate of drug-likeness (QED) is 0.716. The van der Waals surface area contributed by atoms with Crippen molar-refractivity contribution in [3.8, 4) is 0 Å². The van der Waals surface area contributed by atoms with E-state index in [1.54, 1.807) is 16.8 Å². The summed E-state index contributed by atoms with van der Waals surface area (Å²) >= 11 is 1.36. The Kier molecular flexibility index (Phi) is 2.84. The molecule has 0 amide bonds. The fourth-order valence-corrected chi connectivity index (χ4v) is 2.06. The number of aliphatic hydroxyl groups is 1. The molecule has 1 aromatic rings. The molecule has 1 heterocycles. The molecule has 1 atom stereocenters. The van der Waals surface area contributed by atoms with Gasteiger partial charge in [0.05, 0.1) is 6.10 Å². The average Bonchev–Trinajstić information content (AvgIpc) is 2.32. The topological polar surface area (TPSA) is 74.6 Å². The zero-order chi connectivity index (χ0) is 9.19. The maximum Gasteiger partial charge on any atom is 0.267 e.